The number of halogens is 1. The van der Waals surface area contributed by atoms with E-state index in [0.29, 0.717) is 0 Å². The van der Waals surface area contributed by atoms with E-state index < -0.39 is 11.9 Å². The van der Waals surface area contributed by atoms with Gasteiger partial charge in [-0.3, -0.25) is 5.32 Å². The minimum absolute atomic E-state index is 0.155. The zero-order valence-electron chi connectivity index (χ0n) is 6.87. The largest absolute Gasteiger partial charge is 0.494 e. The number of nitrogens with one attached hydrogen (secondary N) is 1. The van der Waals surface area contributed by atoms with Crippen molar-refractivity contribution < 1.29 is 19.0 Å². The fourth-order valence-electron chi connectivity index (χ4n) is 0.884. The maximum absolute atomic E-state index is 12.6. The minimum Gasteiger partial charge on any atom is -0.494 e. The molecule has 0 radical (unpaired) electrons. The van der Waals surface area contributed by atoms with Crippen LogP contribution in [0.4, 0.5) is 14.9 Å². The molecular formula is C8H8FNO3. The van der Waals surface area contributed by atoms with Gasteiger partial charge in [0.2, 0.25) is 0 Å². The molecular weight excluding hydrogens is 177 g/mol. The quantitative estimate of drug-likeness (QED) is 0.740. The van der Waals surface area contributed by atoms with Gasteiger partial charge in [-0.2, -0.15) is 0 Å². The summed E-state index contributed by atoms with van der Waals surface area (Å²) < 4.78 is 17.4. The van der Waals surface area contributed by atoms with Gasteiger partial charge in [0.1, 0.15) is 11.6 Å². The lowest BCUT2D eigenvalue weighted by atomic mass is 10.3. The van der Waals surface area contributed by atoms with Crippen LogP contribution in [-0.4, -0.2) is 18.3 Å². The number of ether oxygens (including phenoxy) is 1. The molecule has 0 aliphatic heterocycles. The number of anilines is 1. The maximum atomic E-state index is 12.6. The summed E-state index contributed by atoms with van der Waals surface area (Å²) in [5.41, 5.74) is 0.219. The number of benzene rings is 1. The Bertz CT molecular complexity index is 327. The van der Waals surface area contributed by atoms with Crippen LogP contribution in [0.3, 0.4) is 0 Å². The van der Waals surface area contributed by atoms with Gasteiger partial charge in [0.25, 0.3) is 0 Å². The van der Waals surface area contributed by atoms with Crippen molar-refractivity contribution in [1.29, 1.82) is 0 Å². The highest BCUT2D eigenvalue weighted by molar-refractivity contribution is 5.85. The fourth-order valence-corrected chi connectivity index (χ4v) is 0.884. The van der Waals surface area contributed by atoms with Crippen molar-refractivity contribution in [3.05, 3.63) is 24.0 Å². The third-order valence-corrected chi connectivity index (χ3v) is 1.41. The van der Waals surface area contributed by atoms with Gasteiger partial charge in [-0.05, 0) is 12.1 Å². The molecule has 0 aliphatic rings. The number of amides is 1. The van der Waals surface area contributed by atoms with Crippen LogP contribution in [0.5, 0.6) is 5.75 Å². The molecule has 1 amide bonds. The van der Waals surface area contributed by atoms with E-state index in [0.717, 1.165) is 12.1 Å². The van der Waals surface area contributed by atoms with Crippen molar-refractivity contribution in [3.8, 4) is 5.75 Å². The fraction of sp³-hybridized carbons (Fsp3) is 0.125. The van der Waals surface area contributed by atoms with Crippen molar-refractivity contribution in [1.82, 2.24) is 0 Å². The first-order valence-electron chi connectivity index (χ1n) is 3.47. The van der Waals surface area contributed by atoms with E-state index in [1.807, 2.05) is 0 Å². The first-order chi connectivity index (χ1) is 6.13. The molecule has 0 aromatic heterocycles. The summed E-state index contributed by atoms with van der Waals surface area (Å²) in [6, 6.07) is 3.54. The van der Waals surface area contributed by atoms with Crippen molar-refractivity contribution in [3.63, 3.8) is 0 Å². The highest BCUT2D eigenvalue weighted by atomic mass is 19.1. The van der Waals surface area contributed by atoms with Crippen molar-refractivity contribution >= 4 is 11.8 Å². The van der Waals surface area contributed by atoms with E-state index in [1.165, 1.54) is 13.2 Å². The lowest BCUT2D eigenvalue weighted by Crippen LogP contribution is -2.08. The molecule has 70 valence electrons. The molecule has 4 nitrogen and oxygen atoms in total. The molecule has 5 heteroatoms. The third-order valence-electron chi connectivity index (χ3n) is 1.41. The highest BCUT2D eigenvalue weighted by Gasteiger charge is 2.06. The summed E-state index contributed by atoms with van der Waals surface area (Å²) in [5.74, 6) is -0.324. The predicted molar refractivity (Wildman–Crippen MR) is 44.6 cm³/mol. The average Bonchev–Trinajstić information content (AvgIpc) is 2.07. The molecule has 0 saturated carbocycles. The first-order valence-corrected chi connectivity index (χ1v) is 3.47. The van der Waals surface area contributed by atoms with Gasteiger partial charge in [0.05, 0.1) is 12.8 Å². The lowest BCUT2D eigenvalue weighted by Gasteiger charge is -2.06. The van der Waals surface area contributed by atoms with E-state index in [4.69, 9.17) is 9.84 Å². The number of hydrogen-bond acceptors (Lipinski definition) is 2. The highest BCUT2D eigenvalue weighted by Crippen LogP contribution is 2.24. The van der Waals surface area contributed by atoms with Crippen LogP contribution in [0.1, 0.15) is 0 Å². The van der Waals surface area contributed by atoms with Gasteiger partial charge in [0.15, 0.2) is 0 Å². The third kappa shape index (κ3) is 2.33. The maximum Gasteiger partial charge on any atom is 0.409 e. The summed E-state index contributed by atoms with van der Waals surface area (Å²) in [6.45, 7) is 0. The molecule has 1 rings (SSSR count). The van der Waals surface area contributed by atoms with Gasteiger partial charge in [-0.15, -0.1) is 0 Å². The van der Waals surface area contributed by atoms with Crippen LogP contribution in [0.2, 0.25) is 0 Å². The summed E-state index contributed by atoms with van der Waals surface area (Å²) >= 11 is 0. The second-order valence-corrected chi connectivity index (χ2v) is 2.27. The van der Waals surface area contributed by atoms with Crippen molar-refractivity contribution in [2.24, 2.45) is 0 Å². The molecule has 2 N–H and O–H groups in total. The zero-order valence-corrected chi connectivity index (χ0v) is 6.87. The van der Waals surface area contributed by atoms with Crippen LogP contribution in [-0.2, 0) is 0 Å². The molecule has 0 atom stereocenters. The van der Waals surface area contributed by atoms with Gasteiger partial charge < -0.3 is 9.84 Å². The Hall–Kier alpha value is -1.78. The predicted octanol–water partition coefficient (Wildman–Crippen LogP) is 1.92. The van der Waals surface area contributed by atoms with Crippen LogP contribution < -0.4 is 10.1 Å². The van der Waals surface area contributed by atoms with E-state index in [2.05, 4.69) is 5.32 Å². The molecule has 1 aromatic carbocycles. The smallest absolute Gasteiger partial charge is 0.409 e. The topological polar surface area (TPSA) is 58.6 Å². The molecule has 0 fully saturated rings. The first kappa shape index (κ1) is 9.31. The van der Waals surface area contributed by atoms with Crippen LogP contribution in [0.25, 0.3) is 0 Å². The Kier molecular flexibility index (Phi) is 2.69. The second-order valence-electron chi connectivity index (χ2n) is 2.27. The molecule has 0 saturated heterocycles. The van der Waals surface area contributed by atoms with Gasteiger partial charge in [0, 0.05) is 6.07 Å². The van der Waals surface area contributed by atoms with Gasteiger partial charge in [-0.1, -0.05) is 0 Å². The van der Waals surface area contributed by atoms with Crippen LogP contribution in [0, 0.1) is 5.82 Å². The Labute approximate surface area is 73.9 Å². The number of methoxy groups -OCH3 is 1. The summed E-state index contributed by atoms with van der Waals surface area (Å²) in [7, 11) is 1.34. The van der Waals surface area contributed by atoms with E-state index in [1.54, 1.807) is 0 Å². The summed E-state index contributed by atoms with van der Waals surface area (Å²) in [6.07, 6.45) is -1.22. The Balaban J connectivity index is 2.99. The number of hydrogen-bond donors (Lipinski definition) is 2. The average molecular weight is 185 g/mol. The molecule has 0 aliphatic carbocycles. The molecule has 13 heavy (non-hydrogen) atoms. The zero-order chi connectivity index (χ0) is 9.84. The van der Waals surface area contributed by atoms with Crippen molar-refractivity contribution in [2.45, 2.75) is 0 Å². The molecule has 1 aromatic rings. The van der Waals surface area contributed by atoms with E-state index in [9.17, 15) is 9.18 Å². The van der Waals surface area contributed by atoms with Gasteiger partial charge in [-0.25, -0.2) is 9.18 Å². The Morgan fingerprint density at radius 2 is 2.31 bits per heavy atom. The Morgan fingerprint density at radius 3 is 2.85 bits per heavy atom. The number of carboxylic acid groups (broad SMARTS) is 1. The SMILES string of the molecule is COc1cc(F)ccc1NC(=O)O. The second kappa shape index (κ2) is 3.75. The van der Waals surface area contributed by atoms with E-state index >= 15 is 0 Å². The summed E-state index contributed by atoms with van der Waals surface area (Å²) in [4.78, 5) is 10.3. The minimum atomic E-state index is -1.22. The normalized spacial score (nSPS) is 9.38. The van der Waals surface area contributed by atoms with Gasteiger partial charge >= 0.3 is 6.09 Å². The monoisotopic (exact) mass is 185 g/mol. The van der Waals surface area contributed by atoms with E-state index in [-0.39, 0.29) is 11.4 Å². The number of carbonyl (C=O) groups is 1. The van der Waals surface area contributed by atoms with Crippen molar-refractivity contribution in [2.75, 3.05) is 12.4 Å². The van der Waals surface area contributed by atoms with Crippen LogP contribution >= 0.6 is 0 Å². The molecule has 0 spiro atoms. The lowest BCUT2D eigenvalue weighted by molar-refractivity contribution is 0.209. The Morgan fingerprint density at radius 1 is 1.62 bits per heavy atom. The van der Waals surface area contributed by atoms with Crippen LogP contribution in [0.15, 0.2) is 18.2 Å². The molecule has 0 unspecified atom stereocenters. The standard InChI is InChI=1S/C8H8FNO3/c1-13-7-4-5(9)2-3-6(7)10-8(11)12/h2-4,10H,1H3,(H,11,12). The number of rotatable bonds is 2. The molecule has 0 heterocycles. The summed E-state index contributed by atoms with van der Waals surface area (Å²) in [5, 5.41) is 10.5. The molecule has 0 bridgehead atoms.